The molecule has 2 amide bonds. The van der Waals surface area contributed by atoms with Gasteiger partial charge in [-0.1, -0.05) is 24.3 Å². The van der Waals surface area contributed by atoms with E-state index in [9.17, 15) is 9.59 Å². The first kappa shape index (κ1) is 17.7. The first-order valence-corrected chi connectivity index (χ1v) is 9.31. The summed E-state index contributed by atoms with van der Waals surface area (Å²) < 4.78 is 5.38. The average Bonchev–Trinajstić information content (AvgIpc) is 3.12. The molecular weight excluding hydrogens is 342 g/mol. The third-order valence-electron chi connectivity index (χ3n) is 4.96. The minimum absolute atomic E-state index is 0.0321. The van der Waals surface area contributed by atoms with Crippen LogP contribution < -0.4 is 15.5 Å². The molecular formula is C21H23N3O3. The summed E-state index contributed by atoms with van der Waals surface area (Å²) in [4.78, 5) is 27.0. The fraction of sp³-hybridized carbons (Fsp3) is 0.333. The molecule has 0 radical (unpaired) electrons. The predicted octanol–water partition coefficient (Wildman–Crippen LogP) is 2.21. The third-order valence-corrected chi connectivity index (χ3v) is 4.96. The van der Waals surface area contributed by atoms with Gasteiger partial charge in [0.15, 0.2) is 0 Å². The van der Waals surface area contributed by atoms with Crippen molar-refractivity contribution in [3.05, 3.63) is 59.7 Å². The maximum Gasteiger partial charge on any atom is 0.258 e. The minimum atomic E-state index is -0.0888. The molecule has 2 aliphatic rings. The number of carbonyl (C=O) groups excluding carboxylic acids is 2. The number of anilines is 2. The maximum atomic E-state index is 13.0. The van der Waals surface area contributed by atoms with Crippen LogP contribution in [-0.4, -0.2) is 44.2 Å². The van der Waals surface area contributed by atoms with E-state index >= 15 is 0 Å². The van der Waals surface area contributed by atoms with Crippen LogP contribution in [0.15, 0.2) is 48.5 Å². The highest BCUT2D eigenvalue weighted by Crippen LogP contribution is 2.29. The van der Waals surface area contributed by atoms with E-state index in [1.165, 1.54) is 5.56 Å². The molecule has 1 fully saturated rings. The number of amides is 2. The van der Waals surface area contributed by atoms with Gasteiger partial charge >= 0.3 is 0 Å². The molecule has 2 aliphatic heterocycles. The third kappa shape index (κ3) is 4.02. The van der Waals surface area contributed by atoms with E-state index in [2.05, 4.69) is 16.7 Å². The number of hydrogen-bond donors (Lipinski definition) is 2. The van der Waals surface area contributed by atoms with Crippen LogP contribution in [0.4, 0.5) is 11.4 Å². The van der Waals surface area contributed by atoms with Gasteiger partial charge in [-0.25, -0.2) is 0 Å². The zero-order valence-corrected chi connectivity index (χ0v) is 15.1. The van der Waals surface area contributed by atoms with Crippen LogP contribution in [0.5, 0.6) is 0 Å². The number of nitrogens with one attached hydrogen (secondary N) is 2. The molecule has 6 nitrogen and oxygen atoms in total. The van der Waals surface area contributed by atoms with E-state index in [1.807, 2.05) is 18.2 Å². The molecule has 0 spiro atoms. The zero-order valence-electron chi connectivity index (χ0n) is 15.1. The molecule has 2 heterocycles. The number of ether oxygens (including phenoxy) is 1. The zero-order chi connectivity index (χ0) is 18.6. The Hall–Kier alpha value is -2.70. The molecule has 0 saturated carbocycles. The maximum absolute atomic E-state index is 13.0. The van der Waals surface area contributed by atoms with Crippen molar-refractivity contribution in [2.75, 3.05) is 36.5 Å². The lowest BCUT2D eigenvalue weighted by Crippen LogP contribution is -2.43. The van der Waals surface area contributed by atoms with E-state index in [-0.39, 0.29) is 17.9 Å². The van der Waals surface area contributed by atoms with E-state index in [1.54, 1.807) is 29.2 Å². The van der Waals surface area contributed by atoms with Gasteiger partial charge in [-0.3, -0.25) is 9.59 Å². The fourth-order valence-electron chi connectivity index (χ4n) is 3.62. The van der Waals surface area contributed by atoms with Crippen molar-refractivity contribution in [2.24, 2.45) is 0 Å². The summed E-state index contributed by atoms with van der Waals surface area (Å²) in [5, 5.41) is 6.15. The Labute approximate surface area is 158 Å². The fourth-order valence-corrected chi connectivity index (χ4v) is 3.62. The Morgan fingerprint density at radius 1 is 1.19 bits per heavy atom. The molecule has 0 bridgehead atoms. The van der Waals surface area contributed by atoms with Crippen LogP contribution in [0.25, 0.3) is 0 Å². The largest absolute Gasteiger partial charge is 0.378 e. The molecule has 0 aliphatic carbocycles. The standard InChI is InChI=1S/C21H23N3O3/c25-20(13-18-14-27-11-9-22-18)23-17-6-3-5-16(12-17)21(26)24-10-8-15-4-1-2-7-19(15)24/h1-7,12,18,22H,8-11,13-14H2,(H,23,25). The van der Waals surface area contributed by atoms with Crippen LogP contribution in [-0.2, 0) is 16.0 Å². The first-order valence-electron chi connectivity index (χ1n) is 9.31. The van der Waals surface area contributed by atoms with Crippen LogP contribution in [0.3, 0.4) is 0 Å². The van der Waals surface area contributed by atoms with Gasteiger partial charge in [-0.15, -0.1) is 0 Å². The number of hydrogen-bond acceptors (Lipinski definition) is 4. The quantitative estimate of drug-likeness (QED) is 0.872. The van der Waals surface area contributed by atoms with Crippen LogP contribution in [0, 0.1) is 0 Å². The molecule has 2 N–H and O–H groups in total. The lowest BCUT2D eigenvalue weighted by molar-refractivity contribution is -0.117. The van der Waals surface area contributed by atoms with Crippen molar-refractivity contribution < 1.29 is 14.3 Å². The van der Waals surface area contributed by atoms with Crippen molar-refractivity contribution in [1.82, 2.24) is 5.32 Å². The molecule has 4 rings (SSSR count). The number of nitrogens with zero attached hydrogens (tertiary/aromatic N) is 1. The number of rotatable bonds is 4. The lowest BCUT2D eigenvalue weighted by atomic mass is 10.1. The molecule has 1 saturated heterocycles. The van der Waals surface area contributed by atoms with Crippen LogP contribution in [0.1, 0.15) is 22.3 Å². The summed E-state index contributed by atoms with van der Waals surface area (Å²) in [7, 11) is 0. The molecule has 2 aromatic rings. The SMILES string of the molecule is O=C(CC1COCCN1)Nc1cccc(C(=O)N2CCc3ccccc32)c1. The second kappa shape index (κ2) is 7.90. The smallest absolute Gasteiger partial charge is 0.258 e. The van der Waals surface area contributed by atoms with Gasteiger partial charge in [0.05, 0.1) is 13.2 Å². The molecule has 0 aromatic heterocycles. The normalized spacial score (nSPS) is 18.8. The lowest BCUT2D eigenvalue weighted by Gasteiger charge is -2.23. The van der Waals surface area contributed by atoms with Crippen molar-refractivity contribution in [3.63, 3.8) is 0 Å². The minimum Gasteiger partial charge on any atom is -0.378 e. The Morgan fingerprint density at radius 2 is 2.07 bits per heavy atom. The molecule has 6 heteroatoms. The average molecular weight is 365 g/mol. The molecule has 27 heavy (non-hydrogen) atoms. The van der Waals surface area contributed by atoms with Crippen molar-refractivity contribution in [2.45, 2.75) is 18.9 Å². The van der Waals surface area contributed by atoms with Gasteiger partial charge in [-0.2, -0.15) is 0 Å². The van der Waals surface area contributed by atoms with E-state index in [4.69, 9.17) is 4.74 Å². The van der Waals surface area contributed by atoms with Crippen molar-refractivity contribution >= 4 is 23.2 Å². The number of benzene rings is 2. The monoisotopic (exact) mass is 365 g/mol. The highest BCUT2D eigenvalue weighted by molar-refractivity contribution is 6.08. The molecule has 1 atom stereocenters. The molecule has 140 valence electrons. The number of fused-ring (bicyclic) bond motifs is 1. The summed E-state index contributed by atoms with van der Waals surface area (Å²) in [6, 6.07) is 15.1. The molecule has 2 aromatic carbocycles. The first-order chi connectivity index (χ1) is 13.2. The van der Waals surface area contributed by atoms with Gasteiger partial charge in [0.25, 0.3) is 5.91 Å². The summed E-state index contributed by atoms with van der Waals surface area (Å²) in [5.74, 6) is -0.132. The number of morpholine rings is 1. The molecule has 1 unspecified atom stereocenters. The van der Waals surface area contributed by atoms with Gasteiger partial charge in [-0.05, 0) is 36.2 Å². The predicted molar refractivity (Wildman–Crippen MR) is 104 cm³/mol. The summed E-state index contributed by atoms with van der Waals surface area (Å²) >= 11 is 0. The number of carbonyl (C=O) groups is 2. The topological polar surface area (TPSA) is 70.7 Å². The Kier molecular flexibility index (Phi) is 5.18. The Morgan fingerprint density at radius 3 is 2.93 bits per heavy atom. The van der Waals surface area contributed by atoms with E-state index in [0.29, 0.717) is 37.4 Å². The van der Waals surface area contributed by atoms with Gasteiger partial charge < -0.3 is 20.3 Å². The van der Waals surface area contributed by atoms with E-state index < -0.39 is 0 Å². The Balaban J connectivity index is 1.43. The van der Waals surface area contributed by atoms with Crippen LogP contribution >= 0.6 is 0 Å². The van der Waals surface area contributed by atoms with Crippen molar-refractivity contribution in [3.8, 4) is 0 Å². The summed E-state index contributed by atoms with van der Waals surface area (Å²) in [6.07, 6.45) is 1.21. The second-order valence-electron chi connectivity index (χ2n) is 6.89. The summed E-state index contributed by atoms with van der Waals surface area (Å²) in [6.45, 7) is 2.67. The second-order valence-corrected chi connectivity index (χ2v) is 6.89. The highest BCUT2D eigenvalue weighted by Gasteiger charge is 2.25. The highest BCUT2D eigenvalue weighted by atomic mass is 16.5. The van der Waals surface area contributed by atoms with Crippen LogP contribution in [0.2, 0.25) is 0 Å². The van der Waals surface area contributed by atoms with Crippen molar-refractivity contribution in [1.29, 1.82) is 0 Å². The number of para-hydroxylation sites is 1. The van der Waals surface area contributed by atoms with Gasteiger partial charge in [0.1, 0.15) is 0 Å². The van der Waals surface area contributed by atoms with Gasteiger partial charge in [0, 0.05) is 42.5 Å². The van der Waals surface area contributed by atoms with E-state index in [0.717, 1.165) is 18.7 Å². The summed E-state index contributed by atoms with van der Waals surface area (Å²) in [5.41, 5.74) is 3.37. The Bertz CT molecular complexity index is 846. The van der Waals surface area contributed by atoms with Gasteiger partial charge in [0.2, 0.25) is 5.91 Å².